The van der Waals surface area contributed by atoms with Gasteiger partial charge in [0.25, 0.3) is 0 Å². The topological polar surface area (TPSA) is 24.9 Å². The minimum Gasteiger partial charge on any atom is -0.374 e. The fourth-order valence-corrected chi connectivity index (χ4v) is 3.44. The Morgan fingerprint density at radius 1 is 1.00 bits per heavy atom. The van der Waals surface area contributed by atoms with Gasteiger partial charge in [-0.2, -0.15) is 4.37 Å². The highest BCUT2D eigenvalue weighted by atomic mass is 32.2. The van der Waals surface area contributed by atoms with Crippen molar-refractivity contribution in [3.63, 3.8) is 0 Å². The molecule has 0 amide bonds. The van der Waals surface area contributed by atoms with Crippen molar-refractivity contribution in [2.45, 2.75) is 4.90 Å². The van der Waals surface area contributed by atoms with E-state index in [1.807, 2.05) is 23.9 Å². The van der Waals surface area contributed by atoms with Gasteiger partial charge in [0.15, 0.2) is 0 Å². The molecule has 0 fully saturated rings. The molecule has 19 heavy (non-hydrogen) atoms. The van der Waals surface area contributed by atoms with Crippen molar-refractivity contribution in [3.8, 4) is 0 Å². The highest BCUT2D eigenvalue weighted by Gasteiger charge is 2.03. The summed E-state index contributed by atoms with van der Waals surface area (Å²) < 4.78 is 4.43. The minimum absolute atomic E-state index is 0.950. The first-order valence-electron chi connectivity index (χ1n) is 6.19. The Morgan fingerprint density at radius 2 is 1.79 bits per heavy atom. The second-order valence-electron chi connectivity index (χ2n) is 4.12. The molecule has 2 nitrogen and oxygen atoms in total. The standard InChI is InChI=1S/C15H14N2S2/c1-2-6-12(7-3-1)18-11-10-16-15-13-8-4-5-9-14(13)17-19-15/h1-9,16H,10-11H2. The Bertz CT molecular complexity index is 649. The van der Waals surface area contributed by atoms with E-state index in [1.165, 1.54) is 26.8 Å². The first-order valence-corrected chi connectivity index (χ1v) is 7.95. The molecule has 0 aliphatic carbocycles. The van der Waals surface area contributed by atoms with Gasteiger partial charge in [0.2, 0.25) is 0 Å². The molecule has 0 aliphatic rings. The molecule has 1 aromatic heterocycles. The van der Waals surface area contributed by atoms with E-state index in [-0.39, 0.29) is 0 Å². The fourth-order valence-electron chi connectivity index (χ4n) is 1.87. The van der Waals surface area contributed by atoms with E-state index in [9.17, 15) is 0 Å². The zero-order valence-corrected chi connectivity index (χ0v) is 12.0. The lowest BCUT2D eigenvalue weighted by atomic mass is 10.2. The number of hydrogen-bond donors (Lipinski definition) is 1. The van der Waals surface area contributed by atoms with E-state index in [2.05, 4.69) is 52.2 Å². The normalized spacial score (nSPS) is 10.7. The van der Waals surface area contributed by atoms with Crippen LogP contribution in [0.5, 0.6) is 0 Å². The van der Waals surface area contributed by atoms with Crippen LogP contribution >= 0.6 is 23.3 Å². The Balaban J connectivity index is 1.55. The molecule has 0 saturated heterocycles. The summed E-state index contributed by atoms with van der Waals surface area (Å²) in [4.78, 5) is 1.32. The second kappa shape index (κ2) is 6.08. The molecule has 4 heteroatoms. The van der Waals surface area contributed by atoms with Crippen LogP contribution in [0.2, 0.25) is 0 Å². The number of rotatable bonds is 5. The molecule has 1 N–H and O–H groups in total. The van der Waals surface area contributed by atoms with E-state index in [1.54, 1.807) is 0 Å². The molecule has 0 spiro atoms. The van der Waals surface area contributed by atoms with Crippen molar-refractivity contribution in [2.75, 3.05) is 17.6 Å². The third-order valence-corrected chi connectivity index (χ3v) is 4.63. The molecule has 3 rings (SSSR count). The van der Waals surface area contributed by atoms with Crippen LogP contribution in [0.1, 0.15) is 0 Å². The van der Waals surface area contributed by atoms with Gasteiger partial charge >= 0.3 is 0 Å². The van der Waals surface area contributed by atoms with Crippen LogP contribution in [0.25, 0.3) is 10.9 Å². The van der Waals surface area contributed by atoms with E-state index in [0.717, 1.165) is 17.8 Å². The molecule has 0 atom stereocenters. The number of anilines is 1. The van der Waals surface area contributed by atoms with Crippen LogP contribution in [-0.2, 0) is 0 Å². The van der Waals surface area contributed by atoms with Crippen LogP contribution in [-0.4, -0.2) is 16.7 Å². The monoisotopic (exact) mass is 286 g/mol. The van der Waals surface area contributed by atoms with Gasteiger partial charge in [0.1, 0.15) is 5.00 Å². The quantitative estimate of drug-likeness (QED) is 0.552. The van der Waals surface area contributed by atoms with Crippen LogP contribution < -0.4 is 5.32 Å². The lowest BCUT2D eigenvalue weighted by Gasteiger charge is -2.04. The summed E-state index contributed by atoms with van der Waals surface area (Å²) in [5.74, 6) is 1.05. The van der Waals surface area contributed by atoms with Crippen LogP contribution in [0.4, 0.5) is 5.00 Å². The average Bonchev–Trinajstić information content (AvgIpc) is 2.88. The van der Waals surface area contributed by atoms with Gasteiger partial charge in [0.05, 0.1) is 5.52 Å². The molecule has 0 unspecified atom stereocenters. The molecule has 0 radical (unpaired) electrons. The van der Waals surface area contributed by atoms with Gasteiger partial charge < -0.3 is 5.32 Å². The molecule has 0 saturated carbocycles. The SMILES string of the molecule is c1ccc(SCCNc2snc3ccccc23)cc1. The maximum absolute atomic E-state index is 4.43. The number of aromatic nitrogens is 1. The zero-order valence-electron chi connectivity index (χ0n) is 10.4. The van der Waals surface area contributed by atoms with E-state index >= 15 is 0 Å². The third-order valence-electron chi connectivity index (χ3n) is 2.78. The number of nitrogens with zero attached hydrogens (tertiary/aromatic N) is 1. The summed E-state index contributed by atoms with van der Waals surface area (Å²) in [5, 5.41) is 5.86. The van der Waals surface area contributed by atoms with Crippen molar-refractivity contribution in [1.82, 2.24) is 4.37 Å². The number of fused-ring (bicyclic) bond motifs is 1. The van der Waals surface area contributed by atoms with Crippen molar-refractivity contribution >= 4 is 39.2 Å². The first-order chi connectivity index (χ1) is 9.43. The van der Waals surface area contributed by atoms with E-state index in [0.29, 0.717) is 0 Å². The van der Waals surface area contributed by atoms with Crippen molar-refractivity contribution in [1.29, 1.82) is 0 Å². The van der Waals surface area contributed by atoms with Gasteiger partial charge in [-0.1, -0.05) is 30.3 Å². The van der Waals surface area contributed by atoms with Crippen LogP contribution in [0, 0.1) is 0 Å². The van der Waals surface area contributed by atoms with Crippen LogP contribution in [0.15, 0.2) is 59.5 Å². The van der Waals surface area contributed by atoms with E-state index < -0.39 is 0 Å². The fraction of sp³-hybridized carbons (Fsp3) is 0.133. The maximum Gasteiger partial charge on any atom is 0.117 e. The summed E-state index contributed by atoms with van der Waals surface area (Å²) in [6, 6.07) is 18.7. The minimum atomic E-state index is 0.950. The maximum atomic E-state index is 4.43. The smallest absolute Gasteiger partial charge is 0.117 e. The predicted molar refractivity (Wildman–Crippen MR) is 85.3 cm³/mol. The number of thioether (sulfide) groups is 1. The second-order valence-corrected chi connectivity index (χ2v) is 6.06. The lowest BCUT2D eigenvalue weighted by Crippen LogP contribution is -2.02. The molecule has 1 heterocycles. The molecule has 2 aromatic carbocycles. The van der Waals surface area contributed by atoms with Gasteiger partial charge in [-0.25, -0.2) is 0 Å². The largest absolute Gasteiger partial charge is 0.374 e. The lowest BCUT2D eigenvalue weighted by molar-refractivity contribution is 1.24. The Labute approximate surface area is 121 Å². The molecular weight excluding hydrogens is 272 g/mol. The predicted octanol–water partition coefficient (Wildman–Crippen LogP) is 4.50. The van der Waals surface area contributed by atoms with Gasteiger partial charge in [-0.05, 0) is 35.8 Å². The number of nitrogens with one attached hydrogen (secondary N) is 1. The first kappa shape index (κ1) is 12.5. The van der Waals surface area contributed by atoms with E-state index in [4.69, 9.17) is 0 Å². The Morgan fingerprint density at radius 3 is 2.68 bits per heavy atom. The van der Waals surface area contributed by atoms with Gasteiger partial charge in [-0.3, -0.25) is 0 Å². The Kier molecular flexibility index (Phi) is 4.01. The molecule has 0 bridgehead atoms. The highest BCUT2D eigenvalue weighted by Crippen LogP contribution is 2.27. The van der Waals surface area contributed by atoms with Crippen molar-refractivity contribution in [3.05, 3.63) is 54.6 Å². The Hall–Kier alpha value is -1.52. The molecule has 96 valence electrons. The van der Waals surface area contributed by atoms with Crippen molar-refractivity contribution < 1.29 is 0 Å². The molecule has 3 aromatic rings. The number of benzene rings is 2. The summed E-state index contributed by atoms with van der Waals surface area (Å²) in [6.45, 7) is 0.950. The van der Waals surface area contributed by atoms with Crippen LogP contribution in [0.3, 0.4) is 0 Å². The number of hydrogen-bond acceptors (Lipinski definition) is 4. The molecular formula is C15H14N2S2. The molecule has 0 aliphatic heterocycles. The average molecular weight is 286 g/mol. The highest BCUT2D eigenvalue weighted by molar-refractivity contribution is 7.99. The summed E-state index contributed by atoms with van der Waals surface area (Å²) >= 11 is 3.41. The summed E-state index contributed by atoms with van der Waals surface area (Å²) in [6.07, 6.45) is 0. The zero-order chi connectivity index (χ0) is 12.9. The van der Waals surface area contributed by atoms with Gasteiger partial charge in [0, 0.05) is 22.6 Å². The third kappa shape index (κ3) is 3.08. The van der Waals surface area contributed by atoms with Crippen molar-refractivity contribution in [2.24, 2.45) is 0 Å². The van der Waals surface area contributed by atoms with Gasteiger partial charge in [-0.15, -0.1) is 11.8 Å². The summed E-state index contributed by atoms with van der Waals surface area (Å²) in [5.41, 5.74) is 1.07. The summed E-state index contributed by atoms with van der Waals surface area (Å²) in [7, 11) is 0.